The van der Waals surface area contributed by atoms with Crippen LogP contribution in [-0.4, -0.2) is 0 Å². The van der Waals surface area contributed by atoms with E-state index in [1.165, 1.54) is 22.3 Å². The van der Waals surface area contributed by atoms with Gasteiger partial charge in [0.15, 0.2) is 0 Å². The number of fused-ring (bicyclic) bond motifs is 4. The molecule has 2 aliphatic carbocycles. The van der Waals surface area contributed by atoms with Crippen molar-refractivity contribution in [1.82, 2.24) is 0 Å². The molecule has 0 N–H and O–H groups in total. The number of halogens is 2. The predicted molar refractivity (Wildman–Crippen MR) is 94.3 cm³/mol. The van der Waals surface area contributed by atoms with Crippen LogP contribution in [0.1, 0.15) is 47.9 Å². The minimum absolute atomic E-state index is 0.305. The first-order chi connectivity index (χ1) is 11.6. The molecule has 24 heavy (non-hydrogen) atoms. The molecule has 0 saturated carbocycles. The van der Waals surface area contributed by atoms with Gasteiger partial charge in [0, 0.05) is 10.0 Å². The van der Waals surface area contributed by atoms with Gasteiger partial charge in [0.25, 0.3) is 0 Å². The second-order valence-corrected chi connectivity index (χ2v) is 8.13. The van der Waals surface area contributed by atoms with Crippen LogP contribution in [0.25, 0.3) is 0 Å². The van der Waals surface area contributed by atoms with Crippen LogP contribution >= 0.6 is 23.2 Å². The predicted octanol–water partition coefficient (Wildman–Crippen LogP) is 5.72. The van der Waals surface area contributed by atoms with E-state index in [0.29, 0.717) is 0 Å². The van der Waals surface area contributed by atoms with Crippen molar-refractivity contribution in [3.63, 3.8) is 0 Å². The van der Waals surface area contributed by atoms with Crippen LogP contribution in [-0.2, 0) is 33.8 Å². The van der Waals surface area contributed by atoms with Gasteiger partial charge in [-0.25, -0.2) is 9.78 Å². The summed E-state index contributed by atoms with van der Waals surface area (Å²) in [5.74, 6) is 0. The van der Waals surface area contributed by atoms with Crippen molar-refractivity contribution in [2.45, 2.75) is 49.7 Å². The van der Waals surface area contributed by atoms with E-state index in [1.54, 1.807) is 0 Å². The van der Waals surface area contributed by atoms with Gasteiger partial charge in [0.1, 0.15) is 11.2 Å². The smallest absolute Gasteiger partial charge is 0.129 e. The maximum atomic E-state index is 6.14. The Morgan fingerprint density at radius 3 is 1.54 bits per heavy atom. The maximum Gasteiger partial charge on any atom is 0.129 e. The van der Waals surface area contributed by atoms with Gasteiger partial charge in [-0.1, -0.05) is 35.3 Å². The molecule has 2 spiro atoms. The standard InChI is InChI=1S/C20H18Cl2O2/c21-15-1-3-17-13(11-15)5-7-19(17)9-10-20(24-23-19)8-6-14-12-16(22)2-4-18(14)20/h1-4,11-12H,5-10H2/t19-,20+. The zero-order valence-electron chi connectivity index (χ0n) is 13.3. The molecule has 1 fully saturated rings. The molecule has 4 heteroatoms. The zero-order chi connectivity index (χ0) is 16.4. The third kappa shape index (κ3) is 2.10. The highest BCUT2D eigenvalue weighted by Crippen LogP contribution is 2.54. The first-order valence-electron chi connectivity index (χ1n) is 8.55. The lowest BCUT2D eigenvalue weighted by molar-refractivity contribution is -0.450. The van der Waals surface area contributed by atoms with E-state index in [-0.39, 0.29) is 11.2 Å². The SMILES string of the molecule is Clc1ccc2c(c1)CC[C@@]21CC[C@]2(CCc3cc(Cl)ccc32)OO1. The molecule has 1 aliphatic heterocycles. The molecule has 2 nitrogen and oxygen atoms in total. The molecule has 5 rings (SSSR count). The molecule has 1 heterocycles. The van der Waals surface area contributed by atoms with Crippen LogP contribution in [0.4, 0.5) is 0 Å². The summed E-state index contributed by atoms with van der Waals surface area (Å²) in [6.45, 7) is 0. The Hall–Kier alpha value is -1.06. The molecule has 1 saturated heterocycles. The Morgan fingerprint density at radius 1 is 0.667 bits per heavy atom. The molecule has 124 valence electrons. The second-order valence-electron chi connectivity index (χ2n) is 7.26. The van der Waals surface area contributed by atoms with Gasteiger partial charge in [0.05, 0.1) is 0 Å². The third-order valence-corrected chi connectivity index (χ3v) is 6.48. The van der Waals surface area contributed by atoms with Crippen molar-refractivity contribution < 1.29 is 9.78 Å². The number of hydrogen-bond acceptors (Lipinski definition) is 2. The normalized spacial score (nSPS) is 30.8. The van der Waals surface area contributed by atoms with Crippen molar-refractivity contribution in [1.29, 1.82) is 0 Å². The monoisotopic (exact) mass is 360 g/mol. The average Bonchev–Trinajstić information content (AvgIpc) is 3.10. The molecule has 2 aromatic carbocycles. The lowest BCUT2D eigenvalue weighted by atomic mass is 9.82. The third-order valence-electron chi connectivity index (χ3n) is 6.01. The fourth-order valence-electron chi connectivity index (χ4n) is 4.71. The zero-order valence-corrected chi connectivity index (χ0v) is 14.8. The highest BCUT2D eigenvalue weighted by atomic mass is 35.5. The van der Waals surface area contributed by atoms with Crippen molar-refractivity contribution in [3.05, 3.63) is 68.7 Å². The molecular formula is C20H18Cl2O2. The number of hydrogen-bond donors (Lipinski definition) is 0. The summed E-state index contributed by atoms with van der Waals surface area (Å²) >= 11 is 12.3. The summed E-state index contributed by atoms with van der Waals surface area (Å²) in [6.07, 6.45) is 5.88. The van der Waals surface area contributed by atoms with Gasteiger partial charge < -0.3 is 0 Å². The number of rotatable bonds is 0. The van der Waals surface area contributed by atoms with Crippen LogP contribution < -0.4 is 0 Å². The van der Waals surface area contributed by atoms with Crippen molar-refractivity contribution in [2.24, 2.45) is 0 Å². The average molecular weight is 361 g/mol. The van der Waals surface area contributed by atoms with E-state index in [0.717, 1.165) is 48.6 Å². The Kier molecular flexibility index (Phi) is 3.31. The van der Waals surface area contributed by atoms with E-state index in [2.05, 4.69) is 24.3 Å². The Balaban J connectivity index is 1.46. The van der Waals surface area contributed by atoms with E-state index < -0.39 is 0 Å². The van der Waals surface area contributed by atoms with Gasteiger partial charge in [-0.15, -0.1) is 0 Å². The van der Waals surface area contributed by atoms with Crippen LogP contribution in [0.5, 0.6) is 0 Å². The van der Waals surface area contributed by atoms with Gasteiger partial charge in [-0.2, -0.15) is 0 Å². The van der Waals surface area contributed by atoms with Crippen molar-refractivity contribution >= 4 is 23.2 Å². The van der Waals surface area contributed by atoms with Gasteiger partial charge >= 0.3 is 0 Å². The number of benzene rings is 2. The lowest BCUT2D eigenvalue weighted by Crippen LogP contribution is -2.41. The molecule has 2 aromatic rings. The first kappa shape index (κ1) is 15.2. The number of aryl methyl sites for hydroxylation is 2. The van der Waals surface area contributed by atoms with Crippen LogP contribution in [0.2, 0.25) is 10.0 Å². The molecule has 0 bridgehead atoms. The van der Waals surface area contributed by atoms with Gasteiger partial charge in [-0.05, 0) is 85.0 Å². The van der Waals surface area contributed by atoms with Gasteiger partial charge in [0.2, 0.25) is 0 Å². The maximum absolute atomic E-state index is 6.14. The quantitative estimate of drug-likeness (QED) is 0.559. The minimum Gasteiger partial charge on any atom is -0.224 e. The van der Waals surface area contributed by atoms with Crippen molar-refractivity contribution in [2.75, 3.05) is 0 Å². The summed E-state index contributed by atoms with van der Waals surface area (Å²) in [5.41, 5.74) is 4.47. The largest absolute Gasteiger partial charge is 0.224 e. The molecule has 0 radical (unpaired) electrons. The summed E-state index contributed by atoms with van der Waals surface area (Å²) < 4.78 is 0. The van der Waals surface area contributed by atoms with Crippen LogP contribution in [0.3, 0.4) is 0 Å². The summed E-state index contributed by atoms with van der Waals surface area (Å²) in [7, 11) is 0. The molecular weight excluding hydrogens is 343 g/mol. The fraction of sp³-hybridized carbons (Fsp3) is 0.400. The van der Waals surface area contributed by atoms with E-state index in [4.69, 9.17) is 33.0 Å². The topological polar surface area (TPSA) is 18.5 Å². The molecule has 0 aromatic heterocycles. The molecule has 3 aliphatic rings. The first-order valence-corrected chi connectivity index (χ1v) is 9.31. The van der Waals surface area contributed by atoms with E-state index in [9.17, 15) is 0 Å². The molecule has 0 unspecified atom stereocenters. The summed E-state index contributed by atoms with van der Waals surface area (Å²) in [5, 5.41) is 1.58. The van der Waals surface area contributed by atoms with Gasteiger partial charge in [-0.3, -0.25) is 0 Å². The van der Waals surface area contributed by atoms with Crippen LogP contribution in [0.15, 0.2) is 36.4 Å². The Labute approximate surface area is 151 Å². The molecule has 2 atom stereocenters. The highest BCUT2D eigenvalue weighted by molar-refractivity contribution is 6.31. The second kappa shape index (κ2) is 5.22. The lowest BCUT2D eigenvalue weighted by Gasteiger charge is -2.42. The Morgan fingerprint density at radius 2 is 1.12 bits per heavy atom. The minimum atomic E-state index is -0.305. The molecule has 0 amide bonds. The van der Waals surface area contributed by atoms with E-state index in [1.807, 2.05) is 12.1 Å². The van der Waals surface area contributed by atoms with E-state index >= 15 is 0 Å². The van der Waals surface area contributed by atoms with Crippen molar-refractivity contribution in [3.8, 4) is 0 Å². The highest BCUT2D eigenvalue weighted by Gasteiger charge is 2.52. The van der Waals surface area contributed by atoms with Crippen LogP contribution in [0, 0.1) is 0 Å². The summed E-state index contributed by atoms with van der Waals surface area (Å²) in [6, 6.07) is 12.2. The fourth-order valence-corrected chi connectivity index (χ4v) is 5.10. The Bertz CT molecular complexity index is 753. The summed E-state index contributed by atoms with van der Waals surface area (Å²) in [4.78, 5) is 12.3.